The number of benzene rings is 1. The minimum atomic E-state index is -0.174. The third-order valence-corrected chi connectivity index (χ3v) is 5.10. The predicted octanol–water partition coefficient (Wildman–Crippen LogP) is 2.70. The van der Waals surface area contributed by atoms with Crippen LogP contribution in [0.5, 0.6) is 0 Å². The average molecular weight is 340 g/mol. The third kappa shape index (κ3) is 2.21. The van der Waals surface area contributed by atoms with Gasteiger partial charge in [-0.1, -0.05) is 12.1 Å². The van der Waals surface area contributed by atoms with Crippen LogP contribution in [0.2, 0.25) is 0 Å². The van der Waals surface area contributed by atoms with Crippen molar-refractivity contribution in [2.24, 2.45) is 0 Å². The van der Waals surface area contributed by atoms with Crippen LogP contribution in [-0.4, -0.2) is 29.6 Å². The van der Waals surface area contributed by atoms with E-state index in [1.165, 1.54) is 11.3 Å². The maximum Gasteiger partial charge on any atom is 0.215 e. The SMILES string of the molecule is COCCNc1ccc2c(=O)c(N)c3sc4ccccc4n3c2n1. The number of pyridine rings is 2. The minimum absolute atomic E-state index is 0.174. The smallest absolute Gasteiger partial charge is 0.215 e. The average Bonchev–Trinajstić information content (AvgIpc) is 3.00. The second kappa shape index (κ2) is 5.77. The molecule has 0 aliphatic carbocycles. The van der Waals surface area contributed by atoms with Crippen LogP contribution >= 0.6 is 11.3 Å². The number of aromatic nitrogens is 2. The molecule has 0 radical (unpaired) electrons. The molecular formula is C17H16N4O2S. The van der Waals surface area contributed by atoms with Crippen molar-refractivity contribution < 1.29 is 4.74 Å². The number of para-hydroxylation sites is 1. The highest BCUT2D eigenvalue weighted by Gasteiger charge is 2.15. The molecule has 0 atom stereocenters. The van der Waals surface area contributed by atoms with Crippen LogP contribution in [-0.2, 0) is 4.74 Å². The number of anilines is 2. The fourth-order valence-electron chi connectivity index (χ4n) is 2.79. The Kier molecular flexibility index (Phi) is 3.59. The van der Waals surface area contributed by atoms with Crippen molar-refractivity contribution >= 4 is 48.9 Å². The van der Waals surface area contributed by atoms with Crippen molar-refractivity contribution in [1.82, 2.24) is 9.38 Å². The number of hydrogen-bond donors (Lipinski definition) is 2. The first kappa shape index (κ1) is 14.9. The van der Waals surface area contributed by atoms with E-state index in [1.54, 1.807) is 19.2 Å². The van der Waals surface area contributed by atoms with Gasteiger partial charge in [-0.05, 0) is 24.3 Å². The summed E-state index contributed by atoms with van der Waals surface area (Å²) in [7, 11) is 1.65. The summed E-state index contributed by atoms with van der Waals surface area (Å²) in [4.78, 5) is 18.0. The molecule has 1 aromatic carbocycles. The molecule has 0 aliphatic rings. The molecule has 3 N–H and O–H groups in total. The van der Waals surface area contributed by atoms with E-state index in [0.29, 0.717) is 30.0 Å². The molecule has 3 aromatic heterocycles. The van der Waals surface area contributed by atoms with Crippen LogP contribution in [0.25, 0.3) is 26.1 Å². The Morgan fingerprint density at radius 1 is 1.29 bits per heavy atom. The van der Waals surface area contributed by atoms with Crippen LogP contribution in [0, 0.1) is 0 Å². The number of nitrogens with zero attached hydrogens (tertiary/aromatic N) is 2. The summed E-state index contributed by atoms with van der Waals surface area (Å²) in [5, 5.41) is 3.72. The van der Waals surface area contributed by atoms with Gasteiger partial charge in [0.2, 0.25) is 5.43 Å². The molecule has 4 aromatic rings. The van der Waals surface area contributed by atoms with Crippen molar-refractivity contribution in [3.8, 4) is 0 Å². The first-order valence-electron chi connectivity index (χ1n) is 7.56. The molecule has 0 aliphatic heterocycles. The largest absolute Gasteiger partial charge is 0.393 e. The second-order valence-electron chi connectivity index (χ2n) is 5.44. The van der Waals surface area contributed by atoms with Crippen LogP contribution in [0.4, 0.5) is 11.5 Å². The van der Waals surface area contributed by atoms with E-state index in [-0.39, 0.29) is 11.1 Å². The van der Waals surface area contributed by atoms with Crippen molar-refractivity contribution in [2.75, 3.05) is 31.3 Å². The van der Waals surface area contributed by atoms with Crippen LogP contribution < -0.4 is 16.5 Å². The van der Waals surface area contributed by atoms with E-state index in [0.717, 1.165) is 15.0 Å². The van der Waals surface area contributed by atoms with Gasteiger partial charge in [0.05, 0.1) is 22.2 Å². The lowest BCUT2D eigenvalue weighted by Gasteiger charge is -2.08. The summed E-state index contributed by atoms with van der Waals surface area (Å²) in [6.45, 7) is 1.23. The van der Waals surface area contributed by atoms with Gasteiger partial charge in [0, 0.05) is 13.7 Å². The number of nitrogens with two attached hydrogens (primary N) is 1. The van der Waals surface area contributed by atoms with Crippen LogP contribution in [0.3, 0.4) is 0 Å². The van der Waals surface area contributed by atoms with Gasteiger partial charge in [-0.15, -0.1) is 11.3 Å². The molecule has 0 spiro atoms. The Balaban J connectivity index is 2.05. The van der Waals surface area contributed by atoms with Crippen molar-refractivity contribution in [1.29, 1.82) is 0 Å². The highest BCUT2D eigenvalue weighted by Crippen LogP contribution is 2.31. The molecule has 24 heavy (non-hydrogen) atoms. The van der Waals surface area contributed by atoms with Gasteiger partial charge in [-0.3, -0.25) is 9.20 Å². The van der Waals surface area contributed by atoms with Gasteiger partial charge in [-0.25, -0.2) is 4.98 Å². The topological polar surface area (TPSA) is 81.6 Å². The van der Waals surface area contributed by atoms with E-state index >= 15 is 0 Å². The van der Waals surface area contributed by atoms with E-state index in [2.05, 4.69) is 10.3 Å². The Hall–Kier alpha value is -2.64. The lowest BCUT2D eigenvalue weighted by molar-refractivity contribution is 0.210. The number of methoxy groups -OCH3 is 1. The number of nitrogens with one attached hydrogen (secondary N) is 1. The van der Waals surface area contributed by atoms with E-state index in [4.69, 9.17) is 10.5 Å². The van der Waals surface area contributed by atoms with E-state index < -0.39 is 0 Å². The second-order valence-corrected chi connectivity index (χ2v) is 6.47. The zero-order valence-corrected chi connectivity index (χ0v) is 13.9. The first-order valence-corrected chi connectivity index (χ1v) is 8.37. The Morgan fingerprint density at radius 2 is 2.12 bits per heavy atom. The summed E-state index contributed by atoms with van der Waals surface area (Å²) in [6, 6.07) is 11.5. The molecule has 4 rings (SSSR count). The van der Waals surface area contributed by atoms with Crippen molar-refractivity contribution in [3.63, 3.8) is 0 Å². The third-order valence-electron chi connectivity index (χ3n) is 3.93. The number of hydrogen-bond acceptors (Lipinski definition) is 6. The molecule has 3 heterocycles. The zero-order chi connectivity index (χ0) is 16.7. The molecule has 0 amide bonds. The molecular weight excluding hydrogens is 324 g/mol. The number of thiazole rings is 1. The van der Waals surface area contributed by atoms with E-state index in [9.17, 15) is 4.79 Å². The summed E-state index contributed by atoms with van der Waals surface area (Å²) in [5.74, 6) is 0.702. The predicted molar refractivity (Wildman–Crippen MR) is 99.1 cm³/mol. The summed E-state index contributed by atoms with van der Waals surface area (Å²) in [5.41, 5.74) is 7.81. The molecule has 7 heteroatoms. The number of rotatable bonds is 4. The molecule has 0 bridgehead atoms. The molecule has 0 unspecified atom stereocenters. The van der Waals surface area contributed by atoms with Gasteiger partial charge >= 0.3 is 0 Å². The molecule has 0 saturated heterocycles. The standard InChI is InChI=1S/C17H16N4O2S/c1-23-9-8-19-13-7-6-10-15(22)14(18)17-21(16(10)20-13)11-4-2-3-5-12(11)24-17/h2-7H,8-9,18H2,1H3,(H,19,20). The Labute approximate surface area is 141 Å². The van der Waals surface area contributed by atoms with Gasteiger partial charge in [-0.2, -0.15) is 0 Å². The van der Waals surface area contributed by atoms with Gasteiger partial charge in [0.25, 0.3) is 0 Å². The fourth-order valence-corrected chi connectivity index (χ4v) is 3.89. The number of ether oxygens (including phenoxy) is 1. The fraction of sp³-hybridized carbons (Fsp3) is 0.176. The van der Waals surface area contributed by atoms with Crippen molar-refractivity contribution in [3.05, 3.63) is 46.6 Å². The Morgan fingerprint density at radius 3 is 2.96 bits per heavy atom. The van der Waals surface area contributed by atoms with E-state index in [1.807, 2.05) is 28.7 Å². The molecule has 0 fully saturated rings. The lowest BCUT2D eigenvalue weighted by atomic mass is 10.2. The van der Waals surface area contributed by atoms with Crippen LogP contribution in [0.15, 0.2) is 41.2 Å². The molecule has 0 saturated carbocycles. The quantitative estimate of drug-likeness (QED) is 0.558. The highest BCUT2D eigenvalue weighted by atomic mass is 32.1. The van der Waals surface area contributed by atoms with Crippen LogP contribution in [0.1, 0.15) is 0 Å². The number of nitrogen functional groups attached to an aromatic ring is 1. The Bertz CT molecular complexity index is 1120. The summed E-state index contributed by atoms with van der Waals surface area (Å²) in [6.07, 6.45) is 0. The summed E-state index contributed by atoms with van der Waals surface area (Å²) >= 11 is 1.50. The van der Waals surface area contributed by atoms with Crippen molar-refractivity contribution in [2.45, 2.75) is 0 Å². The highest BCUT2D eigenvalue weighted by molar-refractivity contribution is 7.24. The molecule has 122 valence electrons. The normalized spacial score (nSPS) is 11.5. The first-order chi connectivity index (χ1) is 11.7. The maximum absolute atomic E-state index is 12.6. The monoisotopic (exact) mass is 340 g/mol. The van der Waals surface area contributed by atoms with Gasteiger partial charge in [0.1, 0.15) is 16.3 Å². The van der Waals surface area contributed by atoms with Gasteiger partial charge < -0.3 is 15.8 Å². The van der Waals surface area contributed by atoms with Gasteiger partial charge in [0.15, 0.2) is 5.65 Å². The minimum Gasteiger partial charge on any atom is -0.393 e. The molecule has 6 nitrogen and oxygen atoms in total. The zero-order valence-electron chi connectivity index (χ0n) is 13.1. The summed E-state index contributed by atoms with van der Waals surface area (Å²) < 4.78 is 8.07. The lowest BCUT2D eigenvalue weighted by Crippen LogP contribution is -2.14. The number of fused-ring (bicyclic) bond motifs is 5. The maximum atomic E-state index is 12.6.